The van der Waals surface area contributed by atoms with Crippen LogP contribution in [-0.2, 0) is 4.79 Å². The van der Waals surface area contributed by atoms with Crippen LogP contribution >= 0.6 is 11.6 Å². The zero-order valence-electron chi connectivity index (χ0n) is 12.5. The van der Waals surface area contributed by atoms with Gasteiger partial charge in [0.2, 0.25) is 5.78 Å². The maximum atomic E-state index is 11.7. The standard InChI is InChI=1S/C17H18ClN3O/c1-11-10-14(16(19)15(18)17(11)22)20-12-4-6-13(7-5-12)21-8-2-3-9-21/h4-7,10H,2-3,8-9,19H2,1H3/b20-14+. The maximum Gasteiger partial charge on any atom is 0.202 e. The van der Waals surface area contributed by atoms with Gasteiger partial charge in [-0.25, -0.2) is 4.99 Å². The van der Waals surface area contributed by atoms with Crippen LogP contribution in [0, 0.1) is 0 Å². The highest BCUT2D eigenvalue weighted by Crippen LogP contribution is 2.25. The van der Waals surface area contributed by atoms with Crippen molar-refractivity contribution < 1.29 is 4.79 Å². The predicted molar refractivity (Wildman–Crippen MR) is 90.8 cm³/mol. The Morgan fingerprint density at radius 1 is 1.18 bits per heavy atom. The fraction of sp³-hybridized carbons (Fsp3) is 0.294. The van der Waals surface area contributed by atoms with Crippen LogP contribution in [0.15, 0.2) is 51.6 Å². The Morgan fingerprint density at radius 2 is 1.82 bits per heavy atom. The van der Waals surface area contributed by atoms with Crippen molar-refractivity contribution in [2.24, 2.45) is 10.7 Å². The minimum atomic E-state index is -0.234. The van der Waals surface area contributed by atoms with Gasteiger partial charge in [0.05, 0.1) is 17.1 Å². The van der Waals surface area contributed by atoms with Gasteiger partial charge in [0.25, 0.3) is 0 Å². The molecule has 0 radical (unpaired) electrons. The topological polar surface area (TPSA) is 58.7 Å². The SMILES string of the molecule is CC1=C/C(=N\c2ccc(N3CCCC3)cc2)C(N)=C(Cl)C1=O. The summed E-state index contributed by atoms with van der Waals surface area (Å²) in [6.07, 6.45) is 4.18. The maximum absolute atomic E-state index is 11.7. The molecule has 114 valence electrons. The van der Waals surface area contributed by atoms with Crippen LogP contribution in [0.1, 0.15) is 19.8 Å². The second kappa shape index (κ2) is 5.97. The summed E-state index contributed by atoms with van der Waals surface area (Å²) in [5.74, 6) is -0.234. The number of hydrogen-bond donors (Lipinski definition) is 1. The van der Waals surface area contributed by atoms with E-state index in [0.29, 0.717) is 11.3 Å². The summed E-state index contributed by atoms with van der Waals surface area (Å²) in [6, 6.07) is 8.05. The molecular weight excluding hydrogens is 298 g/mol. The Morgan fingerprint density at radius 3 is 2.45 bits per heavy atom. The van der Waals surface area contributed by atoms with Gasteiger partial charge < -0.3 is 10.6 Å². The molecule has 0 spiro atoms. The fourth-order valence-corrected chi connectivity index (χ4v) is 2.95. The van der Waals surface area contributed by atoms with Gasteiger partial charge in [0, 0.05) is 24.4 Å². The zero-order chi connectivity index (χ0) is 15.7. The number of aliphatic imine (C=N–C) groups is 1. The number of carbonyl (C=O) groups is 1. The van der Waals surface area contributed by atoms with Crippen molar-refractivity contribution in [2.75, 3.05) is 18.0 Å². The molecule has 4 nitrogen and oxygen atoms in total. The van der Waals surface area contributed by atoms with Crippen LogP contribution in [0.5, 0.6) is 0 Å². The predicted octanol–water partition coefficient (Wildman–Crippen LogP) is 3.30. The molecule has 2 aliphatic rings. The van der Waals surface area contributed by atoms with E-state index in [1.54, 1.807) is 13.0 Å². The Kier molecular flexibility index (Phi) is 4.03. The molecule has 0 aromatic heterocycles. The lowest BCUT2D eigenvalue weighted by Crippen LogP contribution is -2.20. The molecule has 0 atom stereocenters. The fourth-order valence-electron chi connectivity index (χ4n) is 2.70. The molecule has 1 saturated heterocycles. The smallest absolute Gasteiger partial charge is 0.202 e. The molecule has 1 fully saturated rings. The molecule has 0 saturated carbocycles. The van der Waals surface area contributed by atoms with Crippen LogP contribution in [0.25, 0.3) is 0 Å². The van der Waals surface area contributed by atoms with Gasteiger partial charge in [-0.15, -0.1) is 0 Å². The summed E-state index contributed by atoms with van der Waals surface area (Å²) in [6.45, 7) is 3.94. The van der Waals surface area contributed by atoms with Crippen molar-refractivity contribution in [1.29, 1.82) is 0 Å². The van der Waals surface area contributed by atoms with E-state index in [2.05, 4.69) is 22.0 Å². The molecule has 1 aromatic carbocycles. The normalized spacial score (nSPS) is 20.8. The molecule has 1 aromatic rings. The lowest BCUT2D eigenvalue weighted by Gasteiger charge is -2.17. The van der Waals surface area contributed by atoms with Crippen molar-refractivity contribution in [3.05, 3.63) is 46.6 Å². The Bertz CT molecular complexity index is 695. The molecule has 0 bridgehead atoms. The quantitative estimate of drug-likeness (QED) is 0.852. The van der Waals surface area contributed by atoms with Crippen molar-refractivity contribution in [3.63, 3.8) is 0 Å². The van der Waals surface area contributed by atoms with Crippen LogP contribution in [0.4, 0.5) is 11.4 Å². The van der Waals surface area contributed by atoms with Gasteiger partial charge in [-0.05, 0) is 50.1 Å². The molecule has 5 heteroatoms. The number of nitrogens with two attached hydrogens (primary N) is 1. The van der Waals surface area contributed by atoms with E-state index in [9.17, 15) is 4.79 Å². The van der Waals surface area contributed by atoms with E-state index >= 15 is 0 Å². The molecule has 22 heavy (non-hydrogen) atoms. The van der Waals surface area contributed by atoms with Crippen molar-refractivity contribution in [1.82, 2.24) is 0 Å². The van der Waals surface area contributed by atoms with Crippen molar-refractivity contribution >= 4 is 34.5 Å². The molecular formula is C17H18ClN3O. The number of carbonyl (C=O) groups excluding carboxylic acids is 1. The molecule has 1 heterocycles. The van der Waals surface area contributed by atoms with Crippen LogP contribution in [0.3, 0.4) is 0 Å². The number of hydrogen-bond acceptors (Lipinski definition) is 4. The first-order valence-corrected chi connectivity index (χ1v) is 7.76. The first kappa shape index (κ1) is 14.9. The molecule has 3 rings (SSSR count). The second-order valence-electron chi connectivity index (χ2n) is 5.59. The van der Waals surface area contributed by atoms with Crippen LogP contribution in [0.2, 0.25) is 0 Å². The Hall–Kier alpha value is -2.07. The summed E-state index contributed by atoms with van der Waals surface area (Å²) >= 11 is 5.96. The number of allylic oxidation sites excluding steroid dienone is 3. The number of anilines is 1. The lowest BCUT2D eigenvalue weighted by atomic mass is 10.0. The van der Waals surface area contributed by atoms with Crippen molar-refractivity contribution in [3.8, 4) is 0 Å². The Balaban J connectivity index is 1.87. The average molecular weight is 316 g/mol. The van der Waals surface area contributed by atoms with Gasteiger partial charge in [-0.2, -0.15) is 0 Å². The highest BCUT2D eigenvalue weighted by atomic mass is 35.5. The third kappa shape index (κ3) is 2.79. The molecule has 2 N–H and O–H groups in total. The minimum absolute atomic E-state index is 0.0486. The first-order chi connectivity index (χ1) is 10.6. The number of halogens is 1. The van der Waals surface area contributed by atoms with Crippen LogP contribution < -0.4 is 10.6 Å². The van der Waals surface area contributed by atoms with E-state index in [-0.39, 0.29) is 16.5 Å². The minimum Gasteiger partial charge on any atom is -0.396 e. The lowest BCUT2D eigenvalue weighted by molar-refractivity contribution is -0.111. The number of benzene rings is 1. The largest absolute Gasteiger partial charge is 0.396 e. The molecule has 1 aliphatic heterocycles. The van der Waals surface area contributed by atoms with Gasteiger partial charge in [0.1, 0.15) is 5.03 Å². The summed E-state index contributed by atoms with van der Waals surface area (Å²) in [7, 11) is 0. The second-order valence-corrected chi connectivity index (χ2v) is 5.97. The van der Waals surface area contributed by atoms with E-state index in [1.165, 1.54) is 18.5 Å². The molecule has 1 aliphatic carbocycles. The number of nitrogens with zero attached hydrogens (tertiary/aromatic N) is 2. The summed E-state index contributed by atoms with van der Waals surface area (Å²) < 4.78 is 0. The molecule has 0 unspecified atom stereocenters. The summed E-state index contributed by atoms with van der Waals surface area (Å²) in [5.41, 5.74) is 9.23. The van der Waals surface area contributed by atoms with E-state index in [1.807, 2.05) is 12.1 Å². The van der Waals surface area contributed by atoms with Gasteiger partial charge in [0.15, 0.2) is 0 Å². The van der Waals surface area contributed by atoms with E-state index < -0.39 is 0 Å². The highest BCUT2D eigenvalue weighted by Gasteiger charge is 2.21. The number of ketones is 1. The van der Waals surface area contributed by atoms with Gasteiger partial charge >= 0.3 is 0 Å². The number of Topliss-reactive ketones (excluding diaryl/α,β-unsaturated/α-hetero) is 1. The molecule has 0 amide bonds. The first-order valence-electron chi connectivity index (χ1n) is 7.38. The zero-order valence-corrected chi connectivity index (χ0v) is 13.2. The average Bonchev–Trinajstić information content (AvgIpc) is 3.05. The van der Waals surface area contributed by atoms with E-state index in [0.717, 1.165) is 18.8 Å². The third-order valence-electron chi connectivity index (χ3n) is 3.99. The number of rotatable bonds is 2. The summed E-state index contributed by atoms with van der Waals surface area (Å²) in [4.78, 5) is 18.6. The monoisotopic (exact) mass is 315 g/mol. The van der Waals surface area contributed by atoms with Gasteiger partial charge in [-0.3, -0.25) is 4.79 Å². The highest BCUT2D eigenvalue weighted by molar-refractivity contribution is 6.49. The summed E-state index contributed by atoms with van der Waals surface area (Å²) in [5, 5.41) is 0.0486. The van der Waals surface area contributed by atoms with Gasteiger partial charge in [-0.1, -0.05) is 11.6 Å². The third-order valence-corrected chi connectivity index (χ3v) is 4.37. The van der Waals surface area contributed by atoms with Crippen molar-refractivity contribution in [2.45, 2.75) is 19.8 Å². The van der Waals surface area contributed by atoms with E-state index in [4.69, 9.17) is 17.3 Å². The van der Waals surface area contributed by atoms with Crippen LogP contribution in [-0.4, -0.2) is 24.6 Å². The Labute approximate surface area is 135 Å².